The van der Waals surface area contributed by atoms with E-state index in [-0.39, 0.29) is 25.9 Å². The van der Waals surface area contributed by atoms with E-state index in [2.05, 4.69) is 0 Å². The van der Waals surface area contributed by atoms with Gasteiger partial charge in [-0.05, 0) is 37.0 Å². The molecule has 0 bridgehead atoms. The zero-order valence-electron chi connectivity index (χ0n) is 18.6. The van der Waals surface area contributed by atoms with Gasteiger partial charge < -0.3 is 20.8 Å². The van der Waals surface area contributed by atoms with Gasteiger partial charge in [-0.15, -0.1) is 0 Å². The number of benzene rings is 1. The number of likely N-dealkylation sites (tertiary alicyclic amines) is 1. The lowest BCUT2D eigenvalue weighted by atomic mass is 9.66. The Labute approximate surface area is 191 Å². The smallest absolute Gasteiger partial charge is 0.249 e. The van der Waals surface area contributed by atoms with Crippen LogP contribution in [0.2, 0.25) is 5.02 Å². The van der Waals surface area contributed by atoms with Gasteiger partial charge in [0.25, 0.3) is 0 Å². The van der Waals surface area contributed by atoms with Crippen LogP contribution in [0.1, 0.15) is 52.0 Å². The van der Waals surface area contributed by atoms with Crippen molar-refractivity contribution in [1.29, 1.82) is 0 Å². The van der Waals surface area contributed by atoms with Gasteiger partial charge in [0.05, 0.1) is 17.9 Å². The molecule has 1 saturated carbocycles. The Kier molecular flexibility index (Phi) is 6.39. The van der Waals surface area contributed by atoms with Crippen LogP contribution >= 0.6 is 11.6 Å². The zero-order valence-corrected chi connectivity index (χ0v) is 19.3. The molecule has 1 aliphatic carbocycles. The maximum absolute atomic E-state index is 14.2. The highest BCUT2D eigenvalue weighted by Crippen LogP contribution is 2.54. The molecule has 3 rings (SSSR count). The fourth-order valence-corrected chi connectivity index (χ4v) is 5.67. The van der Waals surface area contributed by atoms with Crippen LogP contribution in [0.3, 0.4) is 0 Å². The minimum Gasteiger partial charge on any atom is -0.385 e. The largest absolute Gasteiger partial charge is 0.385 e. The van der Waals surface area contributed by atoms with E-state index in [4.69, 9.17) is 17.3 Å². The fourth-order valence-electron chi connectivity index (χ4n) is 5.55. The molecule has 2 amide bonds. The number of piperidine rings is 1. The van der Waals surface area contributed by atoms with Crippen LogP contribution in [0.5, 0.6) is 0 Å². The Morgan fingerprint density at radius 2 is 1.72 bits per heavy atom. The number of alkyl halides is 2. The molecule has 2 fully saturated rings. The van der Waals surface area contributed by atoms with Crippen LogP contribution in [0.25, 0.3) is 0 Å². The predicted octanol–water partition coefficient (Wildman–Crippen LogP) is 3.07. The normalized spacial score (nSPS) is 33.3. The Balaban J connectivity index is 1.90. The quantitative estimate of drug-likeness (QED) is 0.612. The SMILES string of the molecule is CC(C)[C@@H](C(=O)N1CC[C@](O)(c2ccc(Cl)cc2)[C@@](C)(O)C1)C1(C(N)=O)CCC(F)(F)C1. The molecule has 1 aromatic rings. The Morgan fingerprint density at radius 3 is 2.16 bits per heavy atom. The summed E-state index contributed by atoms with van der Waals surface area (Å²) >= 11 is 5.93. The van der Waals surface area contributed by atoms with Gasteiger partial charge in [-0.25, -0.2) is 8.78 Å². The molecular weight excluding hydrogens is 442 g/mol. The van der Waals surface area contributed by atoms with Crippen LogP contribution in [0, 0.1) is 17.3 Å². The Hall–Kier alpha value is -1.77. The number of nitrogens with zero attached hydrogens (tertiary/aromatic N) is 1. The van der Waals surface area contributed by atoms with Crippen LogP contribution in [0.15, 0.2) is 24.3 Å². The van der Waals surface area contributed by atoms with Gasteiger partial charge in [0, 0.05) is 30.8 Å². The first-order chi connectivity index (χ1) is 14.7. The number of rotatable bonds is 5. The van der Waals surface area contributed by atoms with E-state index < -0.39 is 59.0 Å². The van der Waals surface area contributed by atoms with Crippen LogP contribution < -0.4 is 5.73 Å². The molecule has 9 heteroatoms. The fraction of sp³-hybridized carbons (Fsp3) is 0.652. The van der Waals surface area contributed by atoms with Crippen molar-refractivity contribution in [1.82, 2.24) is 4.90 Å². The summed E-state index contributed by atoms with van der Waals surface area (Å²) in [5.41, 5.74) is 1.05. The topological polar surface area (TPSA) is 104 Å². The van der Waals surface area contributed by atoms with E-state index in [1.165, 1.54) is 11.8 Å². The third-order valence-corrected chi connectivity index (χ3v) is 7.55. The number of halogens is 3. The highest BCUT2D eigenvalue weighted by atomic mass is 35.5. The van der Waals surface area contributed by atoms with Crippen LogP contribution in [0.4, 0.5) is 8.78 Å². The molecule has 1 aliphatic heterocycles. The first-order valence-electron chi connectivity index (χ1n) is 10.8. The summed E-state index contributed by atoms with van der Waals surface area (Å²) in [7, 11) is 0. The van der Waals surface area contributed by atoms with Crippen molar-refractivity contribution in [3.05, 3.63) is 34.9 Å². The Bertz CT molecular complexity index is 892. The molecule has 1 aromatic carbocycles. The summed E-state index contributed by atoms with van der Waals surface area (Å²) in [6.07, 6.45) is -1.40. The zero-order chi connectivity index (χ0) is 24.1. The second-order valence-electron chi connectivity index (χ2n) is 9.93. The number of aliphatic hydroxyl groups is 2. The summed E-state index contributed by atoms with van der Waals surface area (Å²) in [6, 6.07) is 6.45. The number of hydrogen-bond donors (Lipinski definition) is 3. The monoisotopic (exact) mass is 472 g/mol. The van der Waals surface area contributed by atoms with E-state index in [0.29, 0.717) is 10.6 Å². The molecule has 0 radical (unpaired) electrons. The second-order valence-corrected chi connectivity index (χ2v) is 10.4. The maximum atomic E-state index is 14.2. The third kappa shape index (κ3) is 4.13. The summed E-state index contributed by atoms with van der Waals surface area (Å²) < 4.78 is 28.3. The van der Waals surface area contributed by atoms with Crippen molar-refractivity contribution in [3.8, 4) is 0 Å². The summed E-state index contributed by atoms with van der Waals surface area (Å²) in [6.45, 7) is 4.70. The van der Waals surface area contributed by atoms with Crippen molar-refractivity contribution >= 4 is 23.4 Å². The van der Waals surface area contributed by atoms with Gasteiger partial charge in [-0.1, -0.05) is 37.6 Å². The lowest BCUT2D eigenvalue weighted by molar-refractivity contribution is -0.195. The lowest BCUT2D eigenvalue weighted by Gasteiger charge is -2.50. The summed E-state index contributed by atoms with van der Waals surface area (Å²) in [4.78, 5) is 27.4. The van der Waals surface area contributed by atoms with Gasteiger partial charge in [-0.3, -0.25) is 9.59 Å². The third-order valence-electron chi connectivity index (χ3n) is 7.30. The highest BCUT2D eigenvalue weighted by Gasteiger charge is 2.61. The molecular formula is C23H31ClF2N2O4. The average molecular weight is 473 g/mol. The maximum Gasteiger partial charge on any atom is 0.249 e. The molecule has 1 unspecified atom stereocenters. The Morgan fingerprint density at radius 1 is 1.12 bits per heavy atom. The number of carbonyl (C=O) groups is 2. The van der Waals surface area contributed by atoms with E-state index >= 15 is 0 Å². The number of hydrogen-bond acceptors (Lipinski definition) is 4. The van der Waals surface area contributed by atoms with Crippen molar-refractivity contribution < 1.29 is 28.6 Å². The number of amides is 2. The first-order valence-corrected chi connectivity index (χ1v) is 11.2. The van der Waals surface area contributed by atoms with Crippen molar-refractivity contribution in [2.75, 3.05) is 13.1 Å². The molecule has 4 N–H and O–H groups in total. The average Bonchev–Trinajstić information content (AvgIpc) is 3.00. The van der Waals surface area contributed by atoms with Crippen molar-refractivity contribution in [2.24, 2.45) is 23.0 Å². The summed E-state index contributed by atoms with van der Waals surface area (Å²) in [5, 5.41) is 23.0. The van der Waals surface area contributed by atoms with Gasteiger partial charge in [0.1, 0.15) is 11.2 Å². The van der Waals surface area contributed by atoms with Gasteiger partial charge in [0.2, 0.25) is 17.7 Å². The minimum atomic E-state index is -3.06. The van der Waals surface area contributed by atoms with E-state index in [1.807, 2.05) is 0 Å². The molecule has 0 aromatic heterocycles. The number of carbonyl (C=O) groups excluding carboxylic acids is 2. The van der Waals surface area contributed by atoms with Gasteiger partial charge >= 0.3 is 0 Å². The van der Waals surface area contributed by atoms with Gasteiger partial charge in [0.15, 0.2) is 0 Å². The standard InChI is InChI=1S/C23H31ClF2N2O4/c1-14(2)17(21(19(27)30)8-9-22(25,26)12-21)18(29)28-11-10-23(32,20(3,31)13-28)15-4-6-16(24)7-5-15/h4-7,14,17,31-32H,8-13H2,1-3H3,(H2,27,30)/t17-,20-,21?,23-/m0/s1. The molecule has 6 nitrogen and oxygen atoms in total. The highest BCUT2D eigenvalue weighted by molar-refractivity contribution is 6.30. The molecule has 1 saturated heterocycles. The molecule has 178 valence electrons. The van der Waals surface area contributed by atoms with E-state index in [9.17, 15) is 28.6 Å². The molecule has 32 heavy (non-hydrogen) atoms. The number of primary amides is 1. The van der Waals surface area contributed by atoms with Crippen LogP contribution in [-0.4, -0.2) is 51.5 Å². The predicted molar refractivity (Wildman–Crippen MR) is 116 cm³/mol. The molecule has 2 aliphatic rings. The van der Waals surface area contributed by atoms with Crippen molar-refractivity contribution in [3.63, 3.8) is 0 Å². The summed E-state index contributed by atoms with van der Waals surface area (Å²) in [5.74, 6) is -5.94. The van der Waals surface area contributed by atoms with Crippen LogP contribution in [-0.2, 0) is 15.2 Å². The first kappa shape index (κ1) is 24.9. The molecule has 1 heterocycles. The van der Waals surface area contributed by atoms with Crippen molar-refractivity contribution in [2.45, 2.75) is 63.6 Å². The number of β-amino-alcohol motifs (C(OH)–C–C–N with tert-alkyl or cyclic N) is 1. The molecule has 4 atom stereocenters. The minimum absolute atomic E-state index is 0.0257. The second kappa shape index (κ2) is 8.22. The lowest BCUT2D eigenvalue weighted by Crippen LogP contribution is -2.64. The molecule has 0 spiro atoms. The van der Waals surface area contributed by atoms with E-state index in [1.54, 1.807) is 38.1 Å². The van der Waals surface area contributed by atoms with E-state index in [0.717, 1.165) is 0 Å². The number of nitrogens with two attached hydrogens (primary N) is 1. The van der Waals surface area contributed by atoms with Gasteiger partial charge in [-0.2, -0.15) is 0 Å².